The molecule has 6 heteroatoms. The van der Waals surface area contributed by atoms with Crippen molar-refractivity contribution in [3.8, 4) is 11.8 Å². The number of nitrogens with zero attached hydrogens (tertiary/aromatic N) is 1. The first-order valence-electron chi connectivity index (χ1n) is 7.54. The number of aliphatic carboxylic acids is 1. The lowest BCUT2D eigenvalue weighted by Gasteiger charge is -2.25. The lowest BCUT2D eigenvalue weighted by molar-refractivity contribution is -0.131. The fraction of sp³-hybridized carbons (Fsp3) is 0.412. The number of hydrogen-bond acceptors (Lipinski definition) is 4. The van der Waals surface area contributed by atoms with Gasteiger partial charge < -0.3 is 9.84 Å². The summed E-state index contributed by atoms with van der Waals surface area (Å²) in [5.74, 6) is -0.728. The summed E-state index contributed by atoms with van der Waals surface area (Å²) in [4.78, 5) is 10.7. The minimum Gasteiger partial charge on any atom is -0.492 e. The van der Waals surface area contributed by atoms with Crippen LogP contribution < -0.4 is 4.74 Å². The highest BCUT2D eigenvalue weighted by molar-refractivity contribution is 8.04. The Bertz CT molecular complexity index is 706. The number of halogens is 1. The first-order valence-corrected chi connectivity index (χ1v) is 8.42. The molecule has 120 valence electrons. The maximum absolute atomic E-state index is 13.7. The van der Waals surface area contributed by atoms with Crippen molar-refractivity contribution >= 4 is 17.7 Å². The van der Waals surface area contributed by atoms with E-state index in [2.05, 4.69) is 6.07 Å². The molecule has 1 N–H and O–H groups in total. The maximum Gasteiger partial charge on any atom is 0.344 e. The molecule has 4 nitrogen and oxygen atoms in total. The van der Waals surface area contributed by atoms with Crippen molar-refractivity contribution in [2.75, 3.05) is 6.61 Å². The molecule has 0 radical (unpaired) electrons. The van der Waals surface area contributed by atoms with Crippen LogP contribution in [0.5, 0.6) is 5.75 Å². The summed E-state index contributed by atoms with van der Waals surface area (Å²) in [6, 6.07) is 7.29. The molecule has 1 aliphatic heterocycles. The highest BCUT2D eigenvalue weighted by atomic mass is 32.2. The van der Waals surface area contributed by atoms with Crippen molar-refractivity contribution in [1.29, 1.82) is 5.26 Å². The Hall–Kier alpha value is -2.00. The third-order valence-electron chi connectivity index (χ3n) is 4.26. The lowest BCUT2D eigenvalue weighted by atomic mass is 9.86. The summed E-state index contributed by atoms with van der Waals surface area (Å²) >= 11 is 0.991. The molecule has 1 aromatic rings. The van der Waals surface area contributed by atoms with E-state index in [1.165, 1.54) is 19.3 Å². The number of ether oxygens (including phenoxy) is 1. The Balaban J connectivity index is 1.72. The molecular formula is C17H16FNO3S. The molecule has 2 aliphatic rings. The zero-order valence-corrected chi connectivity index (χ0v) is 13.2. The van der Waals surface area contributed by atoms with E-state index in [1.54, 1.807) is 18.2 Å². The molecule has 1 atom stereocenters. The first-order chi connectivity index (χ1) is 11.1. The van der Waals surface area contributed by atoms with Gasteiger partial charge >= 0.3 is 5.97 Å². The fourth-order valence-corrected chi connectivity index (χ4v) is 3.79. The maximum atomic E-state index is 13.7. The molecule has 23 heavy (non-hydrogen) atoms. The summed E-state index contributed by atoms with van der Waals surface area (Å²) in [5, 5.41) is 17.9. The normalized spacial score (nSPS) is 21.0. The largest absolute Gasteiger partial charge is 0.492 e. The van der Waals surface area contributed by atoms with Crippen molar-refractivity contribution < 1.29 is 19.0 Å². The van der Waals surface area contributed by atoms with E-state index >= 15 is 0 Å². The van der Waals surface area contributed by atoms with Crippen molar-refractivity contribution in [2.24, 2.45) is 5.92 Å². The Labute approximate surface area is 137 Å². The van der Waals surface area contributed by atoms with Crippen molar-refractivity contribution in [3.05, 3.63) is 40.1 Å². The summed E-state index contributed by atoms with van der Waals surface area (Å²) in [6.07, 6.45) is 3.62. The number of allylic oxidation sites excluding steroid dienone is 1. The Morgan fingerprint density at radius 1 is 1.48 bits per heavy atom. The van der Waals surface area contributed by atoms with Gasteiger partial charge in [-0.25, -0.2) is 9.18 Å². The molecule has 1 saturated carbocycles. The van der Waals surface area contributed by atoms with Gasteiger partial charge in [-0.3, -0.25) is 0 Å². The Morgan fingerprint density at radius 2 is 2.26 bits per heavy atom. The number of carboxylic acid groups (broad SMARTS) is 1. The summed E-state index contributed by atoms with van der Waals surface area (Å²) in [6.45, 7) is 0.617. The number of benzene rings is 1. The zero-order chi connectivity index (χ0) is 16.4. The van der Waals surface area contributed by atoms with Crippen LogP contribution in [0.4, 0.5) is 4.39 Å². The van der Waals surface area contributed by atoms with E-state index in [-0.39, 0.29) is 16.6 Å². The van der Waals surface area contributed by atoms with Gasteiger partial charge in [0.1, 0.15) is 22.6 Å². The molecule has 1 aliphatic carbocycles. The van der Waals surface area contributed by atoms with Crippen LogP contribution in [0.15, 0.2) is 28.9 Å². The number of carbonyl (C=O) groups is 1. The molecule has 1 aromatic carbocycles. The first kappa shape index (κ1) is 15.9. The van der Waals surface area contributed by atoms with Gasteiger partial charge in [0.15, 0.2) is 0 Å². The molecule has 3 rings (SSSR count). The van der Waals surface area contributed by atoms with Gasteiger partial charge in [-0.1, -0.05) is 12.5 Å². The van der Waals surface area contributed by atoms with Crippen LogP contribution in [-0.2, 0) is 4.79 Å². The summed E-state index contributed by atoms with van der Waals surface area (Å²) < 4.78 is 19.4. The smallest absolute Gasteiger partial charge is 0.344 e. The van der Waals surface area contributed by atoms with Crippen LogP contribution >= 0.6 is 11.8 Å². The number of nitriles is 1. The molecular weight excluding hydrogens is 317 g/mol. The topological polar surface area (TPSA) is 70.3 Å². The highest BCUT2D eigenvalue weighted by Crippen LogP contribution is 2.48. The van der Waals surface area contributed by atoms with Crippen LogP contribution in [0.25, 0.3) is 0 Å². The van der Waals surface area contributed by atoms with Crippen LogP contribution in [0.3, 0.4) is 0 Å². The van der Waals surface area contributed by atoms with E-state index in [1.807, 2.05) is 0 Å². The van der Waals surface area contributed by atoms with Crippen molar-refractivity contribution in [2.45, 2.75) is 30.9 Å². The SMILES string of the molecule is N#Cc1cc(C2CC(F)=C(C(=O)O)S2)ccc1OCC1CCC1. The minimum absolute atomic E-state index is 0.0411. The fourth-order valence-electron chi connectivity index (χ4n) is 2.68. The van der Waals surface area contributed by atoms with E-state index < -0.39 is 11.8 Å². The Kier molecular flexibility index (Phi) is 4.58. The standard InChI is InChI=1S/C17H16FNO3S/c18-13-7-15(23-16(13)17(20)21)11-4-5-14(12(6-11)8-19)22-9-10-2-1-3-10/h4-6,10,15H,1-3,7,9H2,(H,20,21). The molecule has 0 saturated heterocycles. The number of hydrogen-bond donors (Lipinski definition) is 1. The molecule has 0 spiro atoms. The van der Waals surface area contributed by atoms with Gasteiger partial charge in [0, 0.05) is 11.7 Å². The van der Waals surface area contributed by atoms with Crippen LogP contribution in [0, 0.1) is 17.2 Å². The van der Waals surface area contributed by atoms with Crippen LogP contribution in [-0.4, -0.2) is 17.7 Å². The molecule has 0 bridgehead atoms. The van der Waals surface area contributed by atoms with E-state index in [0.717, 1.165) is 17.3 Å². The van der Waals surface area contributed by atoms with E-state index in [4.69, 9.17) is 9.84 Å². The third-order valence-corrected chi connectivity index (χ3v) is 5.62. The average molecular weight is 333 g/mol. The highest BCUT2D eigenvalue weighted by Gasteiger charge is 2.31. The monoisotopic (exact) mass is 333 g/mol. The van der Waals surface area contributed by atoms with Crippen LogP contribution in [0.2, 0.25) is 0 Å². The molecule has 0 amide bonds. The van der Waals surface area contributed by atoms with Crippen molar-refractivity contribution in [1.82, 2.24) is 0 Å². The number of rotatable bonds is 5. The summed E-state index contributed by atoms with van der Waals surface area (Å²) in [5.41, 5.74) is 1.15. The molecule has 1 fully saturated rings. The van der Waals surface area contributed by atoms with E-state index in [0.29, 0.717) is 23.8 Å². The molecule has 0 aromatic heterocycles. The number of thioether (sulfide) groups is 1. The average Bonchev–Trinajstić information content (AvgIpc) is 2.88. The zero-order valence-electron chi connectivity index (χ0n) is 12.4. The Morgan fingerprint density at radius 3 is 2.83 bits per heavy atom. The summed E-state index contributed by atoms with van der Waals surface area (Å²) in [7, 11) is 0. The number of carboxylic acids is 1. The predicted molar refractivity (Wildman–Crippen MR) is 84.7 cm³/mol. The van der Waals surface area contributed by atoms with Gasteiger partial charge in [-0.05, 0) is 36.5 Å². The van der Waals surface area contributed by atoms with Gasteiger partial charge in [-0.15, -0.1) is 11.8 Å². The van der Waals surface area contributed by atoms with Gasteiger partial charge in [0.05, 0.1) is 12.2 Å². The van der Waals surface area contributed by atoms with E-state index in [9.17, 15) is 14.4 Å². The third kappa shape index (κ3) is 3.35. The minimum atomic E-state index is -1.24. The molecule has 1 heterocycles. The second-order valence-corrected chi connectivity index (χ2v) is 7.04. The molecule has 1 unspecified atom stereocenters. The second-order valence-electron chi connectivity index (χ2n) is 5.83. The lowest BCUT2D eigenvalue weighted by Crippen LogP contribution is -2.19. The van der Waals surface area contributed by atoms with Gasteiger partial charge in [-0.2, -0.15) is 5.26 Å². The predicted octanol–water partition coefficient (Wildman–Crippen LogP) is 4.18. The van der Waals surface area contributed by atoms with Gasteiger partial charge in [0.25, 0.3) is 0 Å². The van der Waals surface area contributed by atoms with Gasteiger partial charge in [0.2, 0.25) is 0 Å². The second kappa shape index (κ2) is 6.63. The van der Waals surface area contributed by atoms with Crippen molar-refractivity contribution in [3.63, 3.8) is 0 Å². The van der Waals surface area contributed by atoms with Crippen LogP contribution in [0.1, 0.15) is 42.1 Å². The quantitative estimate of drug-likeness (QED) is 0.875.